The SMILES string of the molecule is OC(Cc1ccc(Cl)c(F)c1)c1cccc(Br)c1Cl. The minimum atomic E-state index is -0.800. The van der Waals surface area contributed by atoms with Gasteiger partial charge in [0.25, 0.3) is 0 Å². The molecule has 0 bridgehead atoms. The standard InChI is InChI=1S/C14H10BrCl2FO/c15-10-3-1-2-9(14(10)17)13(19)7-8-4-5-11(16)12(18)6-8/h1-6,13,19H,7H2. The molecule has 0 radical (unpaired) electrons. The van der Waals surface area contributed by atoms with Crippen LogP contribution < -0.4 is 0 Å². The number of rotatable bonds is 3. The third kappa shape index (κ3) is 3.48. The molecule has 1 atom stereocenters. The van der Waals surface area contributed by atoms with Crippen molar-refractivity contribution in [3.05, 3.63) is 67.9 Å². The van der Waals surface area contributed by atoms with Crippen LogP contribution in [0.5, 0.6) is 0 Å². The molecular weight excluding hydrogens is 354 g/mol. The van der Waals surface area contributed by atoms with Crippen LogP contribution >= 0.6 is 39.1 Å². The van der Waals surface area contributed by atoms with Gasteiger partial charge in [0.15, 0.2) is 0 Å². The minimum Gasteiger partial charge on any atom is -0.388 e. The molecule has 0 heterocycles. The van der Waals surface area contributed by atoms with E-state index in [0.29, 0.717) is 20.6 Å². The molecule has 1 nitrogen and oxygen atoms in total. The summed E-state index contributed by atoms with van der Waals surface area (Å²) in [5.41, 5.74) is 1.26. The molecule has 0 aliphatic carbocycles. The predicted molar refractivity (Wildman–Crippen MR) is 79.2 cm³/mol. The summed E-state index contributed by atoms with van der Waals surface area (Å²) in [6.07, 6.45) is -0.532. The van der Waals surface area contributed by atoms with Crippen molar-refractivity contribution >= 4 is 39.1 Å². The topological polar surface area (TPSA) is 20.2 Å². The second kappa shape index (κ2) is 6.23. The fraction of sp³-hybridized carbons (Fsp3) is 0.143. The Labute approximate surface area is 129 Å². The summed E-state index contributed by atoms with van der Waals surface area (Å²) in [4.78, 5) is 0. The third-order valence-electron chi connectivity index (χ3n) is 2.75. The monoisotopic (exact) mass is 362 g/mol. The van der Waals surface area contributed by atoms with Gasteiger partial charge in [-0.15, -0.1) is 0 Å². The minimum absolute atomic E-state index is 0.0683. The fourth-order valence-electron chi connectivity index (χ4n) is 1.78. The Morgan fingerprint density at radius 3 is 2.63 bits per heavy atom. The van der Waals surface area contributed by atoms with Crippen molar-refractivity contribution in [2.45, 2.75) is 12.5 Å². The molecule has 2 aromatic rings. The predicted octanol–water partition coefficient (Wildman–Crippen LogP) is 5.17. The van der Waals surface area contributed by atoms with Crippen LogP contribution in [-0.4, -0.2) is 5.11 Å². The van der Waals surface area contributed by atoms with Gasteiger partial charge >= 0.3 is 0 Å². The van der Waals surface area contributed by atoms with Crippen molar-refractivity contribution in [1.82, 2.24) is 0 Å². The number of benzene rings is 2. The van der Waals surface area contributed by atoms with Gasteiger partial charge in [-0.1, -0.05) is 41.4 Å². The molecule has 100 valence electrons. The van der Waals surface area contributed by atoms with E-state index in [1.165, 1.54) is 12.1 Å². The smallest absolute Gasteiger partial charge is 0.142 e. The van der Waals surface area contributed by atoms with Gasteiger partial charge in [0.1, 0.15) is 5.82 Å². The average molecular weight is 364 g/mol. The molecule has 0 saturated carbocycles. The first-order chi connectivity index (χ1) is 8.99. The number of aliphatic hydroxyl groups is 1. The van der Waals surface area contributed by atoms with Crippen molar-refractivity contribution in [2.24, 2.45) is 0 Å². The van der Waals surface area contributed by atoms with E-state index < -0.39 is 11.9 Å². The van der Waals surface area contributed by atoms with Gasteiger partial charge < -0.3 is 5.11 Å². The lowest BCUT2D eigenvalue weighted by atomic mass is 10.0. The molecule has 2 rings (SSSR count). The van der Waals surface area contributed by atoms with Gasteiger partial charge in [-0.05, 0) is 39.7 Å². The van der Waals surface area contributed by atoms with Crippen molar-refractivity contribution < 1.29 is 9.50 Å². The summed E-state index contributed by atoms with van der Waals surface area (Å²) in [6, 6.07) is 9.79. The molecule has 1 N–H and O–H groups in total. The first kappa shape index (κ1) is 14.8. The van der Waals surface area contributed by atoms with Crippen LogP contribution in [0.15, 0.2) is 40.9 Å². The lowest BCUT2D eigenvalue weighted by Gasteiger charge is -2.14. The number of hydrogen-bond donors (Lipinski definition) is 1. The molecule has 1 unspecified atom stereocenters. The normalized spacial score (nSPS) is 12.5. The maximum atomic E-state index is 13.3. The molecule has 0 spiro atoms. The highest BCUT2D eigenvalue weighted by Gasteiger charge is 2.14. The van der Waals surface area contributed by atoms with Gasteiger partial charge in [-0.25, -0.2) is 4.39 Å². The molecule has 0 aromatic heterocycles. The summed E-state index contributed by atoms with van der Waals surface area (Å²) in [7, 11) is 0. The van der Waals surface area contributed by atoms with Crippen LogP contribution in [0.1, 0.15) is 17.2 Å². The molecule has 19 heavy (non-hydrogen) atoms. The van der Waals surface area contributed by atoms with E-state index in [1.54, 1.807) is 24.3 Å². The second-order valence-electron chi connectivity index (χ2n) is 4.11. The largest absolute Gasteiger partial charge is 0.388 e. The van der Waals surface area contributed by atoms with E-state index in [0.717, 1.165) is 0 Å². The second-order valence-corrected chi connectivity index (χ2v) is 5.75. The van der Waals surface area contributed by atoms with E-state index in [1.807, 2.05) is 0 Å². The summed E-state index contributed by atoms with van der Waals surface area (Å²) in [5.74, 6) is -0.494. The van der Waals surface area contributed by atoms with E-state index in [2.05, 4.69) is 15.9 Å². The van der Waals surface area contributed by atoms with Crippen LogP contribution in [0.25, 0.3) is 0 Å². The zero-order chi connectivity index (χ0) is 14.0. The van der Waals surface area contributed by atoms with Gasteiger partial charge in [-0.3, -0.25) is 0 Å². The van der Waals surface area contributed by atoms with Gasteiger partial charge in [0.2, 0.25) is 0 Å². The first-order valence-electron chi connectivity index (χ1n) is 5.55. The zero-order valence-corrected chi connectivity index (χ0v) is 12.8. The molecule has 0 aliphatic heterocycles. The Bertz CT molecular complexity index is 604. The third-order valence-corrected chi connectivity index (χ3v) is 4.37. The van der Waals surface area contributed by atoms with Crippen molar-refractivity contribution in [2.75, 3.05) is 0 Å². The molecule has 0 aliphatic rings. The maximum absolute atomic E-state index is 13.3. The van der Waals surface area contributed by atoms with Crippen LogP contribution in [0.3, 0.4) is 0 Å². The summed E-state index contributed by atoms with van der Waals surface area (Å²) in [6.45, 7) is 0. The van der Waals surface area contributed by atoms with E-state index >= 15 is 0 Å². The van der Waals surface area contributed by atoms with Gasteiger partial charge in [0, 0.05) is 16.5 Å². The first-order valence-corrected chi connectivity index (χ1v) is 7.10. The zero-order valence-electron chi connectivity index (χ0n) is 9.71. The van der Waals surface area contributed by atoms with Crippen LogP contribution in [0.4, 0.5) is 4.39 Å². The molecule has 5 heteroatoms. The average Bonchev–Trinajstić information content (AvgIpc) is 2.37. The number of aliphatic hydroxyl groups excluding tert-OH is 1. The van der Waals surface area contributed by atoms with Crippen molar-refractivity contribution in [3.63, 3.8) is 0 Å². The Morgan fingerprint density at radius 1 is 1.21 bits per heavy atom. The van der Waals surface area contributed by atoms with Crippen molar-refractivity contribution in [1.29, 1.82) is 0 Å². The summed E-state index contributed by atoms with van der Waals surface area (Å²) < 4.78 is 14.0. The highest BCUT2D eigenvalue weighted by atomic mass is 79.9. The summed E-state index contributed by atoms with van der Waals surface area (Å²) >= 11 is 15.0. The Hall–Kier alpha value is -0.610. The lowest BCUT2D eigenvalue weighted by Crippen LogP contribution is -2.03. The molecule has 0 saturated heterocycles. The summed E-state index contributed by atoms with van der Waals surface area (Å²) in [5, 5.41) is 10.7. The Balaban J connectivity index is 2.23. The number of halogens is 4. The molecule has 0 amide bonds. The van der Waals surface area contributed by atoms with Crippen LogP contribution in [0.2, 0.25) is 10.0 Å². The lowest BCUT2D eigenvalue weighted by molar-refractivity contribution is 0.178. The Morgan fingerprint density at radius 2 is 1.95 bits per heavy atom. The van der Waals surface area contributed by atoms with E-state index in [4.69, 9.17) is 23.2 Å². The maximum Gasteiger partial charge on any atom is 0.142 e. The molecular formula is C14H10BrCl2FO. The highest BCUT2D eigenvalue weighted by molar-refractivity contribution is 9.10. The highest BCUT2D eigenvalue weighted by Crippen LogP contribution is 2.32. The van der Waals surface area contributed by atoms with Crippen LogP contribution in [0, 0.1) is 5.82 Å². The fourth-order valence-corrected chi connectivity index (χ4v) is 2.53. The van der Waals surface area contributed by atoms with E-state index in [9.17, 15) is 9.50 Å². The Kier molecular flexibility index (Phi) is 4.85. The van der Waals surface area contributed by atoms with Gasteiger partial charge in [-0.2, -0.15) is 0 Å². The van der Waals surface area contributed by atoms with E-state index in [-0.39, 0.29) is 11.4 Å². The van der Waals surface area contributed by atoms with Crippen molar-refractivity contribution in [3.8, 4) is 0 Å². The van der Waals surface area contributed by atoms with Crippen LogP contribution in [-0.2, 0) is 6.42 Å². The molecule has 2 aromatic carbocycles. The number of hydrogen-bond acceptors (Lipinski definition) is 1. The molecule has 0 fully saturated rings. The quantitative estimate of drug-likeness (QED) is 0.797. The van der Waals surface area contributed by atoms with Gasteiger partial charge in [0.05, 0.1) is 16.1 Å².